The molecule has 7 aromatic rings. The number of rotatable bonds is 14. The van der Waals surface area contributed by atoms with Crippen molar-refractivity contribution in [1.82, 2.24) is 0 Å². The van der Waals surface area contributed by atoms with Crippen molar-refractivity contribution in [3.8, 4) is 0 Å². The second-order valence-corrected chi connectivity index (χ2v) is 29.5. The first kappa shape index (κ1) is 79.9. The van der Waals surface area contributed by atoms with Crippen molar-refractivity contribution in [2.45, 2.75) is 43.3 Å². The van der Waals surface area contributed by atoms with Gasteiger partial charge >= 0.3 is 0 Å². The van der Waals surface area contributed by atoms with Gasteiger partial charge in [0.15, 0.2) is 9.84 Å². The van der Waals surface area contributed by atoms with E-state index in [-0.39, 0.29) is 64.6 Å². The van der Waals surface area contributed by atoms with E-state index in [1.807, 2.05) is 60.7 Å². The molecule has 0 bridgehead atoms. The number of primary sulfonamides is 5. The number of nitro groups is 3. The van der Waals surface area contributed by atoms with Crippen LogP contribution in [0.5, 0.6) is 0 Å². The fourth-order valence-corrected chi connectivity index (χ4v) is 11.1. The lowest BCUT2D eigenvalue weighted by atomic mass is 10.2. The molecule has 492 valence electrons. The summed E-state index contributed by atoms with van der Waals surface area (Å²) in [6, 6.07) is 36.9. The van der Waals surface area contributed by atoms with E-state index in [4.69, 9.17) is 76.4 Å². The lowest BCUT2D eigenvalue weighted by molar-refractivity contribution is -0.385. The van der Waals surface area contributed by atoms with E-state index < -0.39 is 94.6 Å². The molecule has 7 aromatic carbocycles. The fraction of sp³-hybridized carbons (Fsp3) is 0.106. The number of nitrogens with one attached hydrogen (secondary N) is 1. The first-order chi connectivity index (χ1) is 41.0. The highest BCUT2D eigenvalue weighted by Gasteiger charge is 2.21. The molecule has 0 amide bonds. The number of nitrogens with two attached hydrogens (primary N) is 9. The van der Waals surface area contributed by atoms with Crippen molar-refractivity contribution >= 4 is 133 Å². The Kier molecular flexibility index (Phi) is 30.4. The summed E-state index contributed by atoms with van der Waals surface area (Å²) >= 11 is 11.0. The van der Waals surface area contributed by atoms with Crippen LogP contribution in [0, 0.1) is 30.3 Å². The van der Waals surface area contributed by atoms with Gasteiger partial charge in [0.2, 0.25) is 50.1 Å². The van der Waals surface area contributed by atoms with Gasteiger partial charge in [0.25, 0.3) is 27.2 Å². The van der Waals surface area contributed by atoms with Crippen molar-refractivity contribution < 1.29 is 78.2 Å². The summed E-state index contributed by atoms with van der Waals surface area (Å²) in [6.07, 6.45) is 1.77. The summed E-state index contributed by atoms with van der Waals surface area (Å²) in [6.45, 7) is 1.02. The molecule has 0 saturated carbocycles. The average Bonchev–Trinajstić information content (AvgIpc) is 0.927. The second kappa shape index (κ2) is 34.2. The van der Waals surface area contributed by atoms with E-state index in [0.29, 0.717) is 30.6 Å². The zero-order chi connectivity index (χ0) is 69.6. The molecule has 7 rings (SSSR count). The maximum absolute atomic E-state index is 11.6. The molecule has 0 aliphatic heterocycles. The number of sulfonamides is 5. The minimum absolute atomic E-state index is 0.000231. The number of anilines is 4. The highest BCUT2D eigenvalue weighted by atomic mass is 35.5. The van der Waals surface area contributed by atoms with Crippen LogP contribution in [-0.2, 0) is 88.9 Å². The number of nitrogens with zero attached hydrogens (tertiary/aromatic N) is 3. The molecule has 0 saturated heterocycles. The van der Waals surface area contributed by atoms with Crippen molar-refractivity contribution in [3.05, 3.63) is 209 Å². The highest BCUT2D eigenvalue weighted by Crippen LogP contribution is 2.28. The Balaban J connectivity index is 0.000000541. The van der Waals surface area contributed by atoms with Gasteiger partial charge < -0.3 is 28.3 Å². The molecular formula is C47H57Cl2N13O21S7. The minimum atomic E-state index is -4.06. The summed E-state index contributed by atoms with van der Waals surface area (Å²) in [5, 5.41) is 58.5. The predicted molar refractivity (Wildman–Crippen MR) is 336 cm³/mol. The van der Waals surface area contributed by atoms with E-state index >= 15 is 0 Å². The van der Waals surface area contributed by atoms with Gasteiger partial charge in [-0.1, -0.05) is 89.9 Å². The van der Waals surface area contributed by atoms with Crippen LogP contribution in [0.3, 0.4) is 0 Å². The quantitative estimate of drug-likeness (QED) is 0.0322. The Labute approximate surface area is 526 Å². The number of sulfone groups is 1. The Morgan fingerprint density at radius 1 is 0.433 bits per heavy atom. The van der Waals surface area contributed by atoms with Gasteiger partial charge in [-0.3, -0.25) is 34.9 Å². The molecule has 0 aliphatic carbocycles. The van der Waals surface area contributed by atoms with E-state index in [0.717, 1.165) is 54.3 Å². The summed E-state index contributed by atoms with van der Waals surface area (Å²) in [5.41, 5.74) is 23.5. The monoisotopic (exact) mass is 1430 g/mol. The smallest absolute Gasteiger partial charge is 0.270 e. The lowest BCUT2D eigenvalue weighted by Gasteiger charge is -2.10. The third-order valence-corrected chi connectivity index (χ3v) is 16.4. The molecule has 0 aromatic heterocycles. The van der Waals surface area contributed by atoms with E-state index in [1.165, 1.54) is 54.1 Å². The van der Waals surface area contributed by atoms with Crippen LogP contribution >= 0.6 is 23.2 Å². The Morgan fingerprint density at radius 3 is 1.09 bits per heavy atom. The molecule has 34 nitrogen and oxygen atoms in total. The molecular weight excluding hydrogens is 1380 g/mol. The highest BCUT2D eigenvalue weighted by molar-refractivity contribution is 7.90. The van der Waals surface area contributed by atoms with Gasteiger partial charge in [-0.25, -0.2) is 76.2 Å². The van der Waals surface area contributed by atoms with Gasteiger partial charge in [-0.2, -0.15) is 8.42 Å². The normalized spacial score (nSPS) is 11.3. The molecule has 0 spiro atoms. The lowest BCUT2D eigenvalue weighted by Crippen LogP contribution is -2.15. The van der Waals surface area contributed by atoms with Crippen molar-refractivity contribution in [2.75, 3.05) is 35.0 Å². The molecule has 90 heavy (non-hydrogen) atoms. The van der Waals surface area contributed by atoms with Crippen LogP contribution in [0.1, 0.15) is 16.7 Å². The molecule has 43 heteroatoms. The SMILES string of the molecule is CS(=O)(=O)Cc1ccc(N)c(S(N)(=O)=O)c1.CS(=O)(=O)O.NCc1ccccc1.NS(=O)(=O)c1cc([N+](=O)[O-])ccc1Cl.NS(=O)(=O)c1cc([N+](=O)[O-])ccc1Cl.NS(=O)(=O)c1cc([N+](=O)[O-])ccc1NCc1ccccc1.Nc1ccc(N)c(S(N)(=O)=O)c1. The summed E-state index contributed by atoms with van der Waals surface area (Å²) in [4.78, 5) is 27.6. The van der Waals surface area contributed by atoms with Gasteiger partial charge in [-0.05, 0) is 65.2 Å². The number of non-ortho nitro benzene ring substituents is 3. The van der Waals surface area contributed by atoms with E-state index in [9.17, 15) is 89.3 Å². The topological polar surface area (TPSA) is 635 Å². The molecule has 0 atom stereocenters. The van der Waals surface area contributed by atoms with Crippen LogP contribution in [0.25, 0.3) is 0 Å². The first-order valence-electron chi connectivity index (χ1n) is 23.4. The van der Waals surface area contributed by atoms with E-state index in [2.05, 4.69) is 5.32 Å². The van der Waals surface area contributed by atoms with Crippen molar-refractivity contribution in [3.63, 3.8) is 0 Å². The molecule has 20 N–H and O–H groups in total. The van der Waals surface area contributed by atoms with Crippen LogP contribution in [0.2, 0.25) is 10.0 Å². The third-order valence-electron chi connectivity index (χ3n) is 9.91. The number of nitro benzene ring substituents is 3. The molecule has 0 aliphatic rings. The minimum Gasteiger partial charge on any atom is -0.399 e. The number of hydrogen-bond donors (Lipinski definition) is 11. The molecule has 0 unspecified atom stereocenters. The standard InChI is InChI=1S/C13H13N3O4S.C8H12N2O4S2.C7H9N.2C6H5ClN2O4S.C6H9N3O2S.CH4O3S/c14-21(19,20)13-8-11(16(17)18)6-7-12(13)15-9-10-4-2-1-3-5-10;1-15(11,12)5-6-2-3-7(9)8(4-6)16(10,13)14;8-6-7-4-2-1-3-5-7;2*7-5-2-1-4(9(10)11)3-6(5)14(8,12)13;7-4-1-2-5(8)6(3-4)12(9,10)11;1-5(2,3)4/h1-8,15H,9H2,(H2,14,19,20);2-4H,5,9H2,1H3,(H2,10,13,14);1-5H,6,8H2;2*1-3H,(H2,8,12,13);1-3H,7-8H2,(H2,9,10,11);1H3,(H,2,3,4). The maximum Gasteiger partial charge on any atom is 0.270 e. The Morgan fingerprint density at radius 2 is 0.767 bits per heavy atom. The fourth-order valence-electron chi connectivity index (χ4n) is 6.08. The van der Waals surface area contributed by atoms with Crippen molar-refractivity contribution in [2.24, 2.45) is 31.4 Å². The summed E-state index contributed by atoms with van der Waals surface area (Å²) in [5.74, 6) is -0.254. The molecule has 0 heterocycles. The van der Waals surface area contributed by atoms with Gasteiger partial charge in [0.1, 0.15) is 24.5 Å². The first-order valence-corrected chi connectivity index (χ1v) is 35.8. The molecule has 0 fully saturated rings. The van der Waals surface area contributed by atoms with Crippen LogP contribution in [0.15, 0.2) is 176 Å². The Hall–Kier alpha value is -8.11. The number of hydrogen-bond acceptors (Lipinski definition) is 25. The zero-order valence-electron chi connectivity index (χ0n) is 46.3. The third kappa shape index (κ3) is 30.9. The summed E-state index contributed by atoms with van der Waals surface area (Å²) in [7, 11) is -26.7. The van der Waals surface area contributed by atoms with Crippen LogP contribution in [-0.4, -0.2) is 90.8 Å². The van der Waals surface area contributed by atoms with Crippen molar-refractivity contribution in [1.29, 1.82) is 0 Å². The van der Waals surface area contributed by atoms with E-state index in [1.54, 1.807) is 0 Å². The van der Waals surface area contributed by atoms with Crippen LogP contribution < -0.4 is 53.9 Å². The number of benzene rings is 7. The van der Waals surface area contributed by atoms with Gasteiger partial charge in [0, 0.05) is 61.4 Å². The number of nitrogen functional groups attached to an aromatic ring is 3. The zero-order valence-corrected chi connectivity index (χ0v) is 53.5. The van der Waals surface area contributed by atoms with Crippen LogP contribution in [0.4, 0.5) is 39.8 Å². The van der Waals surface area contributed by atoms with Gasteiger partial charge in [0.05, 0.1) is 53.9 Å². The second-order valence-electron chi connectivity index (χ2n) is 17.4. The molecule has 0 radical (unpaired) electrons. The average molecular weight is 1440 g/mol. The maximum atomic E-state index is 11.6. The summed E-state index contributed by atoms with van der Waals surface area (Å²) < 4.78 is 159. The Bertz CT molecular complexity index is 4430. The van der Waals surface area contributed by atoms with Gasteiger partial charge in [-0.15, -0.1) is 0 Å². The predicted octanol–water partition coefficient (Wildman–Crippen LogP) is 3.25. The number of halogens is 2. The largest absolute Gasteiger partial charge is 0.399 e.